The summed E-state index contributed by atoms with van der Waals surface area (Å²) in [6.45, 7) is 4.16. The monoisotopic (exact) mass is 342 g/mol. The van der Waals surface area contributed by atoms with Crippen molar-refractivity contribution in [2.24, 2.45) is 5.92 Å². The number of aromatic nitrogens is 3. The standard InChI is InChI=1S/C15H17F3N4O2/c1-9-3-2-4-21(7-9)8-10-5-11(13(23)24)20-22-12(10)6-19-14(22)15(16,17)18/h5-6,9H,2-4,7-8H2,1H3,(H,23,24)/t9-/m0/s1. The molecule has 1 aliphatic rings. The van der Waals surface area contributed by atoms with Crippen molar-refractivity contribution in [1.82, 2.24) is 19.5 Å². The van der Waals surface area contributed by atoms with Gasteiger partial charge in [-0.05, 0) is 36.9 Å². The van der Waals surface area contributed by atoms with Crippen molar-refractivity contribution in [2.75, 3.05) is 13.1 Å². The van der Waals surface area contributed by atoms with Gasteiger partial charge < -0.3 is 5.11 Å². The molecule has 0 aliphatic carbocycles. The highest BCUT2D eigenvalue weighted by Crippen LogP contribution is 2.29. The fourth-order valence-electron chi connectivity index (χ4n) is 3.14. The van der Waals surface area contributed by atoms with Crippen molar-refractivity contribution in [2.45, 2.75) is 32.5 Å². The molecule has 6 nitrogen and oxygen atoms in total. The number of rotatable bonds is 3. The van der Waals surface area contributed by atoms with E-state index in [1.165, 1.54) is 6.07 Å². The van der Waals surface area contributed by atoms with Crippen LogP contribution < -0.4 is 0 Å². The van der Waals surface area contributed by atoms with Gasteiger partial charge in [-0.3, -0.25) is 4.90 Å². The van der Waals surface area contributed by atoms with Crippen LogP contribution in [0.25, 0.3) is 5.52 Å². The molecule has 1 atom stereocenters. The lowest BCUT2D eigenvalue weighted by atomic mass is 10.00. The molecule has 3 heterocycles. The Kier molecular flexibility index (Phi) is 4.20. The summed E-state index contributed by atoms with van der Waals surface area (Å²) in [5.41, 5.74) is 0.246. The minimum absolute atomic E-state index is 0.186. The van der Waals surface area contributed by atoms with Crippen molar-refractivity contribution in [3.63, 3.8) is 0 Å². The Labute approximate surface area is 135 Å². The van der Waals surface area contributed by atoms with Crippen LogP contribution in [0, 0.1) is 5.92 Å². The van der Waals surface area contributed by atoms with Gasteiger partial charge in [0.2, 0.25) is 5.82 Å². The number of likely N-dealkylation sites (tertiary alicyclic amines) is 1. The van der Waals surface area contributed by atoms with Crippen molar-refractivity contribution in [3.05, 3.63) is 29.3 Å². The third kappa shape index (κ3) is 3.21. The van der Waals surface area contributed by atoms with E-state index in [1.54, 1.807) is 0 Å². The van der Waals surface area contributed by atoms with Gasteiger partial charge in [-0.2, -0.15) is 18.3 Å². The molecule has 0 bridgehead atoms. The van der Waals surface area contributed by atoms with Gasteiger partial charge >= 0.3 is 12.1 Å². The lowest BCUT2D eigenvalue weighted by Crippen LogP contribution is -2.34. The van der Waals surface area contributed by atoms with Crippen LogP contribution >= 0.6 is 0 Å². The molecule has 130 valence electrons. The van der Waals surface area contributed by atoms with E-state index in [-0.39, 0.29) is 5.52 Å². The molecule has 0 spiro atoms. The molecule has 2 aromatic heterocycles. The Morgan fingerprint density at radius 2 is 2.21 bits per heavy atom. The number of imidazole rings is 1. The zero-order valence-corrected chi connectivity index (χ0v) is 13.0. The second kappa shape index (κ2) is 6.04. The summed E-state index contributed by atoms with van der Waals surface area (Å²) in [6.07, 6.45) is -1.47. The third-order valence-electron chi connectivity index (χ3n) is 4.19. The van der Waals surface area contributed by atoms with E-state index in [0.29, 0.717) is 22.5 Å². The fourth-order valence-corrected chi connectivity index (χ4v) is 3.14. The molecule has 0 radical (unpaired) electrons. The molecule has 1 N–H and O–H groups in total. The Morgan fingerprint density at radius 3 is 2.83 bits per heavy atom. The molecular formula is C15H17F3N4O2. The van der Waals surface area contributed by atoms with Crippen LogP contribution in [-0.4, -0.2) is 43.7 Å². The second-order valence-corrected chi connectivity index (χ2v) is 6.22. The van der Waals surface area contributed by atoms with E-state index in [2.05, 4.69) is 21.9 Å². The quantitative estimate of drug-likeness (QED) is 0.929. The summed E-state index contributed by atoms with van der Waals surface area (Å²) < 4.78 is 39.7. The Bertz CT molecular complexity index is 772. The third-order valence-corrected chi connectivity index (χ3v) is 4.19. The van der Waals surface area contributed by atoms with Gasteiger partial charge in [0.1, 0.15) is 0 Å². The number of carbonyl (C=O) groups is 1. The van der Waals surface area contributed by atoms with Gasteiger partial charge in [-0.25, -0.2) is 14.3 Å². The molecule has 1 fully saturated rings. The number of hydrogen-bond donors (Lipinski definition) is 1. The first-order valence-corrected chi connectivity index (χ1v) is 7.66. The van der Waals surface area contributed by atoms with Crippen molar-refractivity contribution < 1.29 is 23.1 Å². The lowest BCUT2D eigenvalue weighted by molar-refractivity contribution is -0.146. The van der Waals surface area contributed by atoms with Gasteiger partial charge in [0, 0.05) is 13.1 Å². The molecule has 1 aliphatic heterocycles. The van der Waals surface area contributed by atoms with Crippen LogP contribution in [0.4, 0.5) is 13.2 Å². The summed E-state index contributed by atoms with van der Waals surface area (Å²) >= 11 is 0. The normalized spacial score (nSPS) is 19.8. The first-order chi connectivity index (χ1) is 11.3. The molecule has 24 heavy (non-hydrogen) atoms. The minimum Gasteiger partial charge on any atom is -0.476 e. The van der Waals surface area contributed by atoms with Crippen LogP contribution in [0.3, 0.4) is 0 Å². The molecular weight excluding hydrogens is 325 g/mol. The van der Waals surface area contributed by atoms with Gasteiger partial charge in [-0.1, -0.05) is 6.92 Å². The second-order valence-electron chi connectivity index (χ2n) is 6.22. The van der Waals surface area contributed by atoms with Crippen LogP contribution in [0.5, 0.6) is 0 Å². The number of fused-ring (bicyclic) bond motifs is 1. The molecule has 0 unspecified atom stereocenters. The van der Waals surface area contributed by atoms with Crippen molar-refractivity contribution in [3.8, 4) is 0 Å². The summed E-state index contributed by atoms with van der Waals surface area (Å²) in [5.74, 6) is -2.08. The van der Waals surface area contributed by atoms with E-state index >= 15 is 0 Å². The summed E-state index contributed by atoms with van der Waals surface area (Å²) in [6, 6.07) is 1.33. The number of carboxylic acids is 1. The first kappa shape index (κ1) is 16.7. The van der Waals surface area contributed by atoms with E-state index in [4.69, 9.17) is 5.11 Å². The van der Waals surface area contributed by atoms with Crippen LogP contribution in [0.1, 0.15) is 41.6 Å². The van der Waals surface area contributed by atoms with E-state index in [9.17, 15) is 18.0 Å². The maximum absolute atomic E-state index is 13.0. The summed E-state index contributed by atoms with van der Waals surface area (Å²) in [4.78, 5) is 16.8. The van der Waals surface area contributed by atoms with Crippen molar-refractivity contribution >= 4 is 11.5 Å². The molecule has 0 amide bonds. The molecule has 9 heteroatoms. The van der Waals surface area contributed by atoms with Gasteiger partial charge in [-0.15, -0.1) is 0 Å². The molecule has 3 rings (SSSR count). The first-order valence-electron chi connectivity index (χ1n) is 7.66. The highest BCUT2D eigenvalue weighted by molar-refractivity contribution is 5.86. The predicted octanol–water partition coefficient (Wildman–Crippen LogP) is 2.68. The number of alkyl halides is 3. The Morgan fingerprint density at radius 1 is 1.46 bits per heavy atom. The molecule has 0 saturated carbocycles. The Hall–Kier alpha value is -2.16. The molecule has 0 aromatic carbocycles. The summed E-state index contributed by atoms with van der Waals surface area (Å²) in [7, 11) is 0. The van der Waals surface area contributed by atoms with E-state index < -0.39 is 23.7 Å². The zero-order valence-electron chi connectivity index (χ0n) is 13.0. The minimum atomic E-state index is -4.70. The zero-order chi connectivity index (χ0) is 17.5. The van der Waals surface area contributed by atoms with Gasteiger partial charge in [0.25, 0.3) is 0 Å². The number of hydrogen-bond acceptors (Lipinski definition) is 4. The smallest absolute Gasteiger partial charge is 0.451 e. The number of halogens is 3. The average Bonchev–Trinajstić information content (AvgIpc) is 2.91. The van der Waals surface area contributed by atoms with E-state index in [1.807, 2.05) is 0 Å². The fraction of sp³-hybridized carbons (Fsp3) is 0.533. The maximum Gasteiger partial charge on any atom is 0.451 e. The number of carboxylic acid groups (broad SMARTS) is 1. The number of aromatic carboxylic acids is 1. The van der Waals surface area contributed by atoms with Gasteiger partial charge in [0.05, 0.1) is 11.7 Å². The molecule has 2 aromatic rings. The maximum atomic E-state index is 13.0. The number of piperidine rings is 1. The number of nitrogens with zero attached hydrogens (tertiary/aromatic N) is 4. The van der Waals surface area contributed by atoms with Crippen LogP contribution in [-0.2, 0) is 12.7 Å². The highest BCUT2D eigenvalue weighted by atomic mass is 19.4. The van der Waals surface area contributed by atoms with Crippen LogP contribution in [0.15, 0.2) is 12.3 Å². The van der Waals surface area contributed by atoms with E-state index in [0.717, 1.165) is 32.1 Å². The largest absolute Gasteiger partial charge is 0.476 e. The van der Waals surface area contributed by atoms with Gasteiger partial charge in [0.15, 0.2) is 5.69 Å². The highest BCUT2D eigenvalue weighted by Gasteiger charge is 2.37. The SMILES string of the molecule is C[C@H]1CCCN(Cc2cc(C(=O)O)nn3c(C(F)(F)F)ncc23)C1. The predicted molar refractivity (Wildman–Crippen MR) is 78.6 cm³/mol. The average molecular weight is 342 g/mol. The Balaban J connectivity index is 2.05. The van der Waals surface area contributed by atoms with Crippen molar-refractivity contribution in [1.29, 1.82) is 0 Å². The molecule has 1 saturated heterocycles. The summed E-state index contributed by atoms with van der Waals surface area (Å²) in [5, 5.41) is 12.7. The lowest BCUT2D eigenvalue weighted by Gasteiger charge is -2.30. The van der Waals surface area contributed by atoms with Crippen LogP contribution in [0.2, 0.25) is 0 Å². The topological polar surface area (TPSA) is 70.7 Å².